The Morgan fingerprint density at radius 1 is 0.875 bits per heavy atom. The second kappa shape index (κ2) is 4.94. The molecule has 0 radical (unpaired) electrons. The molecule has 4 heteroatoms. The predicted octanol–water partition coefficient (Wildman–Crippen LogP) is 4.33. The molecule has 3 aliphatic rings. The maximum absolute atomic E-state index is 5.82. The third-order valence-electron chi connectivity index (χ3n) is 5.28. The van der Waals surface area contributed by atoms with Crippen LogP contribution in [0.4, 0.5) is 0 Å². The van der Waals surface area contributed by atoms with Gasteiger partial charge in [-0.3, -0.25) is 0 Å². The van der Waals surface area contributed by atoms with Gasteiger partial charge < -0.3 is 18.9 Å². The maximum Gasteiger partial charge on any atom is 0.231 e. The van der Waals surface area contributed by atoms with Crippen molar-refractivity contribution in [1.29, 1.82) is 0 Å². The summed E-state index contributed by atoms with van der Waals surface area (Å²) < 4.78 is 22.4. The van der Waals surface area contributed by atoms with E-state index in [0.717, 1.165) is 23.0 Å². The second-order valence-electron chi connectivity index (χ2n) is 6.57. The third kappa shape index (κ3) is 1.86. The summed E-state index contributed by atoms with van der Waals surface area (Å²) in [4.78, 5) is 0. The number of allylic oxidation sites excluding steroid dienone is 1. The van der Waals surface area contributed by atoms with Gasteiger partial charge in [-0.1, -0.05) is 30.7 Å². The normalized spacial score (nSPS) is 23.0. The Balaban J connectivity index is 1.72. The molecule has 122 valence electrons. The van der Waals surface area contributed by atoms with Crippen molar-refractivity contribution >= 4 is 6.08 Å². The van der Waals surface area contributed by atoms with Crippen LogP contribution in [-0.2, 0) is 0 Å². The van der Waals surface area contributed by atoms with Crippen molar-refractivity contribution in [3.8, 4) is 23.0 Å². The van der Waals surface area contributed by atoms with Crippen LogP contribution in [0.25, 0.3) is 6.08 Å². The summed E-state index contributed by atoms with van der Waals surface area (Å²) in [6.45, 7) is 5.04. The van der Waals surface area contributed by atoms with Gasteiger partial charge in [-0.05, 0) is 42.2 Å². The molecule has 4 nitrogen and oxygen atoms in total. The summed E-state index contributed by atoms with van der Waals surface area (Å²) in [6, 6.07) is 10.3. The van der Waals surface area contributed by atoms with Gasteiger partial charge in [0.15, 0.2) is 23.0 Å². The minimum Gasteiger partial charge on any atom is -0.454 e. The highest BCUT2D eigenvalue weighted by Crippen LogP contribution is 2.51. The van der Waals surface area contributed by atoms with Crippen molar-refractivity contribution in [3.63, 3.8) is 0 Å². The van der Waals surface area contributed by atoms with Crippen LogP contribution in [0.2, 0.25) is 0 Å². The van der Waals surface area contributed by atoms with Gasteiger partial charge in [-0.25, -0.2) is 0 Å². The van der Waals surface area contributed by atoms with E-state index in [4.69, 9.17) is 18.9 Å². The SMILES string of the molecule is CC1=Cc2ccc3c(c2[C@H](c2ccc4c(c2)OCO4)[C@H]1C)OCO3. The lowest BCUT2D eigenvalue weighted by Gasteiger charge is -2.32. The van der Waals surface area contributed by atoms with Crippen molar-refractivity contribution in [3.05, 3.63) is 52.6 Å². The van der Waals surface area contributed by atoms with Crippen molar-refractivity contribution < 1.29 is 18.9 Å². The lowest BCUT2D eigenvalue weighted by molar-refractivity contribution is 0.172. The molecule has 2 aromatic carbocycles. The lowest BCUT2D eigenvalue weighted by Crippen LogP contribution is -2.18. The van der Waals surface area contributed by atoms with Gasteiger partial charge in [0.1, 0.15) is 0 Å². The lowest BCUT2D eigenvalue weighted by atomic mass is 9.72. The van der Waals surface area contributed by atoms with Crippen LogP contribution >= 0.6 is 0 Å². The summed E-state index contributed by atoms with van der Waals surface area (Å²) in [5.74, 6) is 3.92. The molecule has 5 rings (SSSR count). The van der Waals surface area contributed by atoms with Crippen LogP contribution in [0.1, 0.15) is 36.5 Å². The Labute approximate surface area is 140 Å². The molecule has 2 aliphatic heterocycles. The standard InChI is InChI=1S/C20H18O4/c1-11-7-13-4-6-16-20(24-10-22-16)19(13)18(12(11)2)14-3-5-15-17(8-14)23-9-21-15/h3-8,12,18H,9-10H2,1-2H3/t12-,18-/m0/s1. The average molecular weight is 322 g/mol. The number of ether oxygens (including phenoxy) is 4. The highest BCUT2D eigenvalue weighted by atomic mass is 16.7. The molecule has 0 amide bonds. The predicted molar refractivity (Wildman–Crippen MR) is 89.8 cm³/mol. The fourth-order valence-corrected chi connectivity index (χ4v) is 3.91. The second-order valence-corrected chi connectivity index (χ2v) is 6.57. The number of rotatable bonds is 1. The molecule has 0 unspecified atom stereocenters. The molecular weight excluding hydrogens is 304 g/mol. The van der Waals surface area contributed by atoms with Gasteiger partial charge in [0.2, 0.25) is 13.6 Å². The van der Waals surface area contributed by atoms with E-state index in [-0.39, 0.29) is 12.7 Å². The number of benzene rings is 2. The van der Waals surface area contributed by atoms with E-state index in [2.05, 4.69) is 38.1 Å². The van der Waals surface area contributed by atoms with Crippen LogP contribution < -0.4 is 18.9 Å². The molecule has 0 bridgehead atoms. The zero-order valence-electron chi connectivity index (χ0n) is 13.7. The van der Waals surface area contributed by atoms with Crippen LogP contribution in [0.5, 0.6) is 23.0 Å². The quantitative estimate of drug-likeness (QED) is 0.783. The van der Waals surface area contributed by atoms with Crippen LogP contribution in [0.3, 0.4) is 0 Å². The average Bonchev–Trinajstić information content (AvgIpc) is 3.23. The van der Waals surface area contributed by atoms with Crippen LogP contribution in [-0.4, -0.2) is 13.6 Å². The fourth-order valence-electron chi connectivity index (χ4n) is 3.91. The van der Waals surface area contributed by atoms with Crippen molar-refractivity contribution in [2.75, 3.05) is 13.6 Å². The Morgan fingerprint density at radius 2 is 1.62 bits per heavy atom. The molecule has 0 fully saturated rings. The van der Waals surface area contributed by atoms with E-state index in [1.54, 1.807) is 0 Å². The van der Waals surface area contributed by atoms with Crippen molar-refractivity contribution in [2.24, 2.45) is 5.92 Å². The Kier molecular flexibility index (Phi) is 2.84. The number of fused-ring (bicyclic) bond motifs is 4. The molecule has 0 N–H and O–H groups in total. The summed E-state index contributed by atoms with van der Waals surface area (Å²) in [7, 11) is 0. The minimum absolute atomic E-state index is 0.205. The van der Waals surface area contributed by atoms with Gasteiger partial charge >= 0.3 is 0 Å². The number of hydrogen-bond donors (Lipinski definition) is 0. The molecular formula is C20H18O4. The van der Waals surface area contributed by atoms with Gasteiger partial charge in [0.05, 0.1) is 0 Å². The van der Waals surface area contributed by atoms with E-state index in [9.17, 15) is 0 Å². The maximum atomic E-state index is 5.82. The largest absolute Gasteiger partial charge is 0.454 e. The fraction of sp³-hybridized carbons (Fsp3) is 0.300. The first-order valence-electron chi connectivity index (χ1n) is 8.22. The molecule has 2 atom stereocenters. The zero-order chi connectivity index (χ0) is 16.3. The van der Waals surface area contributed by atoms with E-state index < -0.39 is 0 Å². The molecule has 2 heterocycles. The smallest absolute Gasteiger partial charge is 0.231 e. The van der Waals surface area contributed by atoms with Crippen molar-refractivity contribution in [2.45, 2.75) is 19.8 Å². The monoisotopic (exact) mass is 322 g/mol. The Bertz CT molecular complexity index is 868. The molecule has 1 aliphatic carbocycles. The van der Waals surface area contributed by atoms with Crippen LogP contribution in [0, 0.1) is 5.92 Å². The van der Waals surface area contributed by atoms with Gasteiger partial charge in [-0.2, -0.15) is 0 Å². The first-order chi connectivity index (χ1) is 11.7. The van der Waals surface area contributed by atoms with Crippen LogP contribution in [0.15, 0.2) is 35.9 Å². The van der Waals surface area contributed by atoms with Gasteiger partial charge in [0.25, 0.3) is 0 Å². The Hall–Kier alpha value is -2.62. The first-order valence-corrected chi connectivity index (χ1v) is 8.22. The zero-order valence-corrected chi connectivity index (χ0v) is 13.7. The highest BCUT2D eigenvalue weighted by Gasteiger charge is 2.34. The summed E-state index contributed by atoms with van der Waals surface area (Å²) in [6.07, 6.45) is 2.26. The molecule has 0 saturated carbocycles. The van der Waals surface area contributed by atoms with Crippen molar-refractivity contribution in [1.82, 2.24) is 0 Å². The molecule has 0 aromatic heterocycles. The van der Waals surface area contributed by atoms with Gasteiger partial charge in [-0.15, -0.1) is 0 Å². The van der Waals surface area contributed by atoms with Gasteiger partial charge in [0, 0.05) is 11.5 Å². The van der Waals surface area contributed by atoms with E-state index in [1.165, 1.54) is 22.3 Å². The van der Waals surface area contributed by atoms with E-state index >= 15 is 0 Å². The van der Waals surface area contributed by atoms with E-state index in [0.29, 0.717) is 12.7 Å². The third-order valence-corrected chi connectivity index (χ3v) is 5.28. The molecule has 2 aromatic rings. The minimum atomic E-state index is 0.205. The molecule has 0 spiro atoms. The molecule has 0 saturated heterocycles. The molecule has 24 heavy (non-hydrogen) atoms. The number of hydrogen-bond acceptors (Lipinski definition) is 4. The van der Waals surface area contributed by atoms with E-state index in [1.807, 2.05) is 12.1 Å². The highest BCUT2D eigenvalue weighted by molar-refractivity contribution is 5.70. The summed E-state index contributed by atoms with van der Waals surface area (Å²) >= 11 is 0. The summed E-state index contributed by atoms with van der Waals surface area (Å²) in [5, 5.41) is 0. The Morgan fingerprint density at radius 3 is 2.54 bits per heavy atom. The first kappa shape index (κ1) is 13.8. The topological polar surface area (TPSA) is 36.9 Å². The summed E-state index contributed by atoms with van der Waals surface area (Å²) in [5.41, 5.74) is 4.99.